The lowest BCUT2D eigenvalue weighted by Gasteiger charge is -2.27. The average Bonchev–Trinajstić information content (AvgIpc) is 2.27. The fourth-order valence-corrected chi connectivity index (χ4v) is 1.99. The van der Waals surface area contributed by atoms with Gasteiger partial charge in [-0.15, -0.1) is 6.58 Å². The molecule has 1 aromatic carbocycles. The highest BCUT2D eigenvalue weighted by atomic mass is 35.5. The first-order valence-corrected chi connectivity index (χ1v) is 6.38. The maximum atomic E-state index is 11.6. The summed E-state index contributed by atoms with van der Waals surface area (Å²) in [5.41, 5.74) is 2.40. The highest BCUT2D eigenvalue weighted by molar-refractivity contribution is 6.34. The largest absolute Gasteiger partial charge is 0.339 e. The summed E-state index contributed by atoms with van der Waals surface area (Å²) in [4.78, 5) is 16.5. The molecule has 0 saturated carbocycles. The van der Waals surface area contributed by atoms with Crippen LogP contribution < -0.4 is 10.8 Å². The Morgan fingerprint density at radius 3 is 2.47 bits per heavy atom. The Kier molecular flexibility index (Phi) is 5.66. The number of amides is 2. The van der Waals surface area contributed by atoms with Crippen LogP contribution in [0.3, 0.4) is 0 Å². The molecular formula is C13H16Cl2N2O2. The van der Waals surface area contributed by atoms with E-state index < -0.39 is 11.6 Å². The van der Waals surface area contributed by atoms with Gasteiger partial charge in [-0.3, -0.25) is 4.84 Å². The summed E-state index contributed by atoms with van der Waals surface area (Å²) in [5.74, 6) is 0. The van der Waals surface area contributed by atoms with Crippen molar-refractivity contribution in [1.29, 1.82) is 0 Å². The normalized spacial score (nSPS) is 10.9. The van der Waals surface area contributed by atoms with Gasteiger partial charge in [0.05, 0.1) is 12.1 Å². The van der Waals surface area contributed by atoms with E-state index in [1.54, 1.807) is 18.2 Å². The molecule has 0 saturated heterocycles. The zero-order valence-electron chi connectivity index (χ0n) is 10.8. The van der Waals surface area contributed by atoms with E-state index in [9.17, 15) is 4.79 Å². The van der Waals surface area contributed by atoms with E-state index in [0.717, 1.165) is 5.56 Å². The minimum absolute atomic E-state index is 0.233. The third kappa shape index (κ3) is 5.11. The molecule has 0 aliphatic rings. The summed E-state index contributed by atoms with van der Waals surface area (Å²) in [7, 11) is 0. The molecule has 0 spiro atoms. The van der Waals surface area contributed by atoms with Crippen molar-refractivity contribution in [2.45, 2.75) is 19.4 Å². The van der Waals surface area contributed by atoms with Crippen LogP contribution in [0.25, 0.3) is 0 Å². The van der Waals surface area contributed by atoms with E-state index >= 15 is 0 Å². The van der Waals surface area contributed by atoms with E-state index in [4.69, 9.17) is 28.0 Å². The van der Waals surface area contributed by atoms with Gasteiger partial charge in [0.25, 0.3) is 0 Å². The molecule has 2 N–H and O–H groups in total. The van der Waals surface area contributed by atoms with Gasteiger partial charge >= 0.3 is 6.03 Å². The van der Waals surface area contributed by atoms with Crippen molar-refractivity contribution in [2.24, 2.45) is 0 Å². The number of carbonyl (C=O) groups is 1. The van der Waals surface area contributed by atoms with Crippen LogP contribution in [0.4, 0.5) is 4.79 Å². The van der Waals surface area contributed by atoms with Crippen LogP contribution in [0.15, 0.2) is 30.9 Å². The van der Waals surface area contributed by atoms with E-state index in [1.165, 1.54) is 6.08 Å². The monoisotopic (exact) mass is 302 g/mol. The summed E-state index contributed by atoms with van der Waals surface area (Å²) in [6.07, 6.45) is 1.53. The molecule has 0 aromatic heterocycles. The van der Waals surface area contributed by atoms with Crippen LogP contribution >= 0.6 is 23.2 Å². The van der Waals surface area contributed by atoms with Gasteiger partial charge in [-0.2, -0.15) is 0 Å². The lowest BCUT2D eigenvalue weighted by atomic mass is 9.94. The zero-order valence-corrected chi connectivity index (χ0v) is 12.3. The van der Waals surface area contributed by atoms with Crippen molar-refractivity contribution in [2.75, 3.05) is 6.61 Å². The molecule has 0 aliphatic carbocycles. The van der Waals surface area contributed by atoms with Crippen LogP contribution in [-0.2, 0) is 10.4 Å². The second-order valence-corrected chi connectivity index (χ2v) is 5.31. The molecule has 104 valence electrons. The standard InChI is InChI=1S/C13H16Cl2N2O2/c1-4-5-19-17-12(18)16-13(2,3)9-6-10(14)8-11(15)7-9/h4,6-8H,1,5H2,2-3H3,(H2,16,17,18). The molecule has 0 unspecified atom stereocenters. The number of carbonyl (C=O) groups excluding carboxylic acids is 1. The summed E-state index contributed by atoms with van der Waals surface area (Å²) in [5, 5.41) is 3.79. The predicted octanol–water partition coefficient (Wildman–Crippen LogP) is 3.65. The van der Waals surface area contributed by atoms with Crippen LogP contribution in [0.5, 0.6) is 0 Å². The Balaban J connectivity index is 2.74. The van der Waals surface area contributed by atoms with Crippen molar-refractivity contribution in [1.82, 2.24) is 10.8 Å². The molecule has 2 amide bonds. The van der Waals surface area contributed by atoms with Crippen molar-refractivity contribution in [3.63, 3.8) is 0 Å². The molecule has 0 radical (unpaired) electrons. The van der Waals surface area contributed by atoms with Crippen molar-refractivity contribution in [3.05, 3.63) is 46.5 Å². The Morgan fingerprint density at radius 2 is 1.95 bits per heavy atom. The number of benzene rings is 1. The van der Waals surface area contributed by atoms with Crippen LogP contribution in [0.2, 0.25) is 10.0 Å². The highest BCUT2D eigenvalue weighted by Gasteiger charge is 2.23. The summed E-state index contributed by atoms with van der Waals surface area (Å²) < 4.78 is 0. The van der Waals surface area contributed by atoms with Crippen LogP contribution in [-0.4, -0.2) is 12.6 Å². The molecule has 19 heavy (non-hydrogen) atoms. The Hall–Kier alpha value is -1.23. The van der Waals surface area contributed by atoms with Gasteiger partial charge in [0.15, 0.2) is 0 Å². The van der Waals surface area contributed by atoms with E-state index in [2.05, 4.69) is 17.4 Å². The maximum absolute atomic E-state index is 11.6. The van der Waals surface area contributed by atoms with Gasteiger partial charge in [-0.05, 0) is 37.6 Å². The number of halogens is 2. The Bertz CT molecular complexity index is 455. The van der Waals surface area contributed by atoms with Crippen molar-refractivity contribution in [3.8, 4) is 0 Å². The average molecular weight is 303 g/mol. The molecule has 4 nitrogen and oxygen atoms in total. The summed E-state index contributed by atoms with van der Waals surface area (Å²) in [6.45, 7) is 7.38. The quantitative estimate of drug-likeness (QED) is 0.495. The first-order chi connectivity index (χ1) is 8.85. The summed E-state index contributed by atoms with van der Waals surface area (Å²) >= 11 is 11.9. The minimum atomic E-state index is -0.643. The lowest BCUT2D eigenvalue weighted by molar-refractivity contribution is 0.0783. The molecule has 6 heteroatoms. The van der Waals surface area contributed by atoms with Gasteiger partial charge < -0.3 is 5.32 Å². The molecule has 0 bridgehead atoms. The van der Waals surface area contributed by atoms with Gasteiger partial charge in [0.1, 0.15) is 0 Å². The van der Waals surface area contributed by atoms with Crippen molar-refractivity contribution < 1.29 is 9.63 Å². The van der Waals surface area contributed by atoms with Crippen LogP contribution in [0.1, 0.15) is 19.4 Å². The Labute approximate surface area is 122 Å². The molecular weight excluding hydrogens is 287 g/mol. The topological polar surface area (TPSA) is 50.4 Å². The second-order valence-electron chi connectivity index (χ2n) is 4.44. The third-order valence-corrected chi connectivity index (χ3v) is 2.81. The van der Waals surface area contributed by atoms with Crippen LogP contribution in [0, 0.1) is 0 Å². The summed E-state index contributed by atoms with van der Waals surface area (Å²) in [6, 6.07) is 4.68. The molecule has 1 rings (SSSR count). The first-order valence-electron chi connectivity index (χ1n) is 5.62. The molecule has 1 aromatic rings. The number of hydroxylamine groups is 1. The fraction of sp³-hybridized carbons (Fsp3) is 0.308. The van der Waals surface area contributed by atoms with E-state index in [0.29, 0.717) is 10.0 Å². The first kappa shape index (κ1) is 15.8. The van der Waals surface area contributed by atoms with Crippen molar-refractivity contribution >= 4 is 29.2 Å². The smallest absolute Gasteiger partial charge is 0.327 e. The van der Waals surface area contributed by atoms with Gasteiger partial charge in [0, 0.05) is 10.0 Å². The minimum Gasteiger partial charge on any atom is -0.327 e. The lowest BCUT2D eigenvalue weighted by Crippen LogP contribution is -2.46. The van der Waals surface area contributed by atoms with Gasteiger partial charge in [0.2, 0.25) is 0 Å². The van der Waals surface area contributed by atoms with Gasteiger partial charge in [-0.25, -0.2) is 10.3 Å². The molecule has 0 fully saturated rings. The number of urea groups is 1. The highest BCUT2D eigenvalue weighted by Crippen LogP contribution is 2.27. The second kappa shape index (κ2) is 6.80. The number of hydrogen-bond acceptors (Lipinski definition) is 2. The Morgan fingerprint density at radius 1 is 1.37 bits per heavy atom. The molecule has 0 aliphatic heterocycles. The van der Waals surface area contributed by atoms with E-state index in [1.807, 2.05) is 13.8 Å². The maximum Gasteiger partial charge on any atom is 0.339 e. The number of rotatable bonds is 5. The third-order valence-electron chi connectivity index (χ3n) is 2.38. The predicted molar refractivity (Wildman–Crippen MR) is 77.3 cm³/mol. The molecule has 0 atom stereocenters. The molecule has 0 heterocycles. The number of hydrogen-bond donors (Lipinski definition) is 2. The van der Waals surface area contributed by atoms with E-state index in [-0.39, 0.29) is 6.61 Å². The fourth-order valence-electron chi connectivity index (χ4n) is 1.46. The zero-order chi connectivity index (χ0) is 14.5. The number of nitrogens with one attached hydrogen (secondary N) is 2. The van der Waals surface area contributed by atoms with Gasteiger partial charge in [-0.1, -0.05) is 29.3 Å². The SMILES string of the molecule is C=CCONC(=O)NC(C)(C)c1cc(Cl)cc(Cl)c1.